The molecule has 2 atom stereocenters. The van der Waals surface area contributed by atoms with Crippen LogP contribution in [0, 0.1) is 5.92 Å². The van der Waals surface area contributed by atoms with Gasteiger partial charge in [0.25, 0.3) is 0 Å². The Balaban J connectivity index is 1.82. The summed E-state index contributed by atoms with van der Waals surface area (Å²) in [6.45, 7) is 5.64. The second-order valence-corrected chi connectivity index (χ2v) is 4.77. The molecule has 2 aliphatic rings. The zero-order valence-electron chi connectivity index (χ0n) is 10.1. The minimum absolute atomic E-state index is 0.0946. The van der Waals surface area contributed by atoms with Gasteiger partial charge in [-0.15, -0.1) is 0 Å². The molecule has 0 aromatic heterocycles. The molecular formula is C12H22N2O2. The van der Waals surface area contributed by atoms with E-state index in [1.54, 1.807) is 0 Å². The third kappa shape index (κ3) is 2.48. The standard InChI is InChI=1S/C12H22N2O2/c1-2-3-8-16-12(15)14-7-5-10-9-13-6-4-11(10)14/h10-11,13H,2-9H2,1H3. The quantitative estimate of drug-likeness (QED) is 0.743. The van der Waals surface area contributed by atoms with E-state index in [1.165, 1.54) is 0 Å². The molecule has 2 fully saturated rings. The van der Waals surface area contributed by atoms with Crippen LogP contribution in [0.3, 0.4) is 0 Å². The fraction of sp³-hybridized carbons (Fsp3) is 0.917. The van der Waals surface area contributed by atoms with Gasteiger partial charge in [0.2, 0.25) is 0 Å². The Morgan fingerprint density at radius 3 is 3.19 bits per heavy atom. The van der Waals surface area contributed by atoms with Crippen molar-refractivity contribution < 1.29 is 9.53 Å². The molecule has 0 bridgehead atoms. The van der Waals surface area contributed by atoms with Crippen LogP contribution >= 0.6 is 0 Å². The summed E-state index contributed by atoms with van der Waals surface area (Å²) in [4.78, 5) is 13.8. The van der Waals surface area contributed by atoms with E-state index in [-0.39, 0.29) is 6.09 Å². The molecule has 16 heavy (non-hydrogen) atoms. The first-order valence-electron chi connectivity index (χ1n) is 6.47. The summed E-state index contributed by atoms with van der Waals surface area (Å²) >= 11 is 0. The fourth-order valence-electron chi connectivity index (χ4n) is 2.70. The summed E-state index contributed by atoms with van der Waals surface area (Å²) in [5, 5.41) is 3.39. The highest BCUT2D eigenvalue weighted by Crippen LogP contribution is 2.28. The number of carbonyl (C=O) groups is 1. The Morgan fingerprint density at radius 1 is 1.50 bits per heavy atom. The fourth-order valence-corrected chi connectivity index (χ4v) is 2.70. The van der Waals surface area contributed by atoms with Crippen LogP contribution < -0.4 is 5.32 Å². The van der Waals surface area contributed by atoms with Crippen LogP contribution in [0.5, 0.6) is 0 Å². The second-order valence-electron chi connectivity index (χ2n) is 4.77. The Bertz CT molecular complexity index is 245. The third-order valence-electron chi connectivity index (χ3n) is 3.67. The summed E-state index contributed by atoms with van der Waals surface area (Å²) in [6.07, 6.45) is 4.15. The number of fused-ring (bicyclic) bond motifs is 1. The highest BCUT2D eigenvalue weighted by Gasteiger charge is 2.38. The van der Waals surface area contributed by atoms with E-state index in [0.29, 0.717) is 18.6 Å². The van der Waals surface area contributed by atoms with Crippen molar-refractivity contribution in [3.63, 3.8) is 0 Å². The van der Waals surface area contributed by atoms with E-state index in [2.05, 4.69) is 12.2 Å². The van der Waals surface area contributed by atoms with Gasteiger partial charge in [0, 0.05) is 12.6 Å². The van der Waals surface area contributed by atoms with Crippen molar-refractivity contribution in [3.05, 3.63) is 0 Å². The van der Waals surface area contributed by atoms with Crippen LogP contribution in [0.15, 0.2) is 0 Å². The molecule has 2 saturated heterocycles. The second kappa shape index (κ2) is 5.53. The summed E-state index contributed by atoms with van der Waals surface area (Å²) in [5.41, 5.74) is 0. The molecule has 4 heteroatoms. The number of amides is 1. The largest absolute Gasteiger partial charge is 0.449 e. The van der Waals surface area contributed by atoms with Crippen LogP contribution in [-0.4, -0.2) is 43.3 Å². The lowest BCUT2D eigenvalue weighted by molar-refractivity contribution is 0.0883. The van der Waals surface area contributed by atoms with Gasteiger partial charge in [0.1, 0.15) is 0 Å². The van der Waals surface area contributed by atoms with E-state index in [4.69, 9.17) is 4.74 Å². The average Bonchev–Trinajstić information content (AvgIpc) is 2.73. The minimum atomic E-state index is -0.0946. The number of rotatable bonds is 3. The van der Waals surface area contributed by atoms with Crippen LogP contribution in [0.25, 0.3) is 0 Å². The lowest BCUT2D eigenvalue weighted by atomic mass is 9.94. The number of piperidine rings is 1. The predicted molar refractivity (Wildman–Crippen MR) is 62.3 cm³/mol. The molecule has 92 valence electrons. The van der Waals surface area contributed by atoms with E-state index >= 15 is 0 Å². The molecule has 0 spiro atoms. The minimum Gasteiger partial charge on any atom is -0.449 e. The SMILES string of the molecule is CCCCOC(=O)N1CCC2CNCCC21. The molecule has 4 nitrogen and oxygen atoms in total. The molecule has 2 heterocycles. The van der Waals surface area contributed by atoms with Crippen LogP contribution in [0.4, 0.5) is 4.79 Å². The number of nitrogens with zero attached hydrogens (tertiary/aromatic N) is 1. The maximum Gasteiger partial charge on any atom is 0.410 e. The van der Waals surface area contributed by atoms with Crippen molar-refractivity contribution >= 4 is 6.09 Å². The first-order valence-corrected chi connectivity index (χ1v) is 6.47. The number of likely N-dealkylation sites (tertiary alicyclic amines) is 1. The lowest BCUT2D eigenvalue weighted by Crippen LogP contribution is -2.46. The highest BCUT2D eigenvalue weighted by atomic mass is 16.6. The molecule has 0 aromatic rings. The zero-order chi connectivity index (χ0) is 11.4. The number of ether oxygens (including phenoxy) is 1. The maximum absolute atomic E-state index is 11.9. The van der Waals surface area contributed by atoms with Gasteiger partial charge < -0.3 is 15.0 Å². The normalized spacial score (nSPS) is 28.9. The lowest BCUT2D eigenvalue weighted by Gasteiger charge is -2.31. The first-order chi connectivity index (χ1) is 7.83. The number of hydrogen-bond donors (Lipinski definition) is 1. The smallest absolute Gasteiger partial charge is 0.410 e. The molecule has 0 radical (unpaired) electrons. The maximum atomic E-state index is 11.9. The van der Waals surface area contributed by atoms with E-state index in [0.717, 1.165) is 45.3 Å². The average molecular weight is 226 g/mol. The number of nitrogens with one attached hydrogen (secondary N) is 1. The molecule has 0 saturated carbocycles. The molecule has 0 aromatic carbocycles. The van der Waals surface area contributed by atoms with Crippen molar-refractivity contribution in [2.45, 2.75) is 38.6 Å². The van der Waals surface area contributed by atoms with Gasteiger partial charge in [-0.2, -0.15) is 0 Å². The summed E-state index contributed by atoms with van der Waals surface area (Å²) in [6, 6.07) is 0.426. The Kier molecular flexibility index (Phi) is 4.04. The summed E-state index contributed by atoms with van der Waals surface area (Å²) < 4.78 is 5.28. The monoisotopic (exact) mass is 226 g/mol. The summed E-state index contributed by atoms with van der Waals surface area (Å²) in [5.74, 6) is 0.646. The molecular weight excluding hydrogens is 204 g/mol. The van der Waals surface area contributed by atoms with Crippen molar-refractivity contribution in [1.29, 1.82) is 0 Å². The van der Waals surface area contributed by atoms with Gasteiger partial charge in [-0.1, -0.05) is 13.3 Å². The van der Waals surface area contributed by atoms with E-state index in [1.807, 2.05) is 4.90 Å². The van der Waals surface area contributed by atoms with Gasteiger partial charge in [0.15, 0.2) is 0 Å². The van der Waals surface area contributed by atoms with Crippen LogP contribution in [0.2, 0.25) is 0 Å². The van der Waals surface area contributed by atoms with Crippen LogP contribution in [-0.2, 0) is 4.74 Å². The first kappa shape index (κ1) is 11.7. The van der Waals surface area contributed by atoms with E-state index in [9.17, 15) is 4.79 Å². The van der Waals surface area contributed by atoms with Crippen molar-refractivity contribution in [1.82, 2.24) is 10.2 Å². The van der Waals surface area contributed by atoms with Gasteiger partial charge in [0.05, 0.1) is 6.61 Å². The Labute approximate surface area is 97.3 Å². The topological polar surface area (TPSA) is 41.6 Å². The molecule has 2 aliphatic heterocycles. The zero-order valence-corrected chi connectivity index (χ0v) is 10.1. The molecule has 2 unspecified atom stereocenters. The van der Waals surface area contributed by atoms with Crippen LogP contribution in [0.1, 0.15) is 32.6 Å². The predicted octanol–water partition coefficient (Wildman–Crippen LogP) is 1.61. The third-order valence-corrected chi connectivity index (χ3v) is 3.67. The number of unbranched alkanes of at least 4 members (excludes halogenated alkanes) is 1. The molecule has 1 amide bonds. The van der Waals surface area contributed by atoms with Crippen molar-refractivity contribution in [2.75, 3.05) is 26.2 Å². The van der Waals surface area contributed by atoms with Crippen molar-refractivity contribution in [2.24, 2.45) is 5.92 Å². The highest BCUT2D eigenvalue weighted by molar-refractivity contribution is 5.68. The Hall–Kier alpha value is -0.770. The Morgan fingerprint density at radius 2 is 2.38 bits per heavy atom. The van der Waals surface area contributed by atoms with Gasteiger partial charge in [-0.3, -0.25) is 0 Å². The molecule has 2 rings (SSSR count). The van der Waals surface area contributed by atoms with Gasteiger partial charge >= 0.3 is 6.09 Å². The van der Waals surface area contributed by atoms with Crippen molar-refractivity contribution in [3.8, 4) is 0 Å². The number of carbonyl (C=O) groups excluding carboxylic acids is 1. The van der Waals surface area contributed by atoms with Gasteiger partial charge in [-0.25, -0.2) is 4.79 Å². The molecule has 1 N–H and O–H groups in total. The van der Waals surface area contributed by atoms with Gasteiger partial charge in [-0.05, 0) is 38.3 Å². The summed E-state index contributed by atoms with van der Waals surface area (Å²) in [7, 11) is 0. The van der Waals surface area contributed by atoms with E-state index < -0.39 is 0 Å². The molecule has 0 aliphatic carbocycles. The number of hydrogen-bond acceptors (Lipinski definition) is 3.